The first-order valence-corrected chi connectivity index (χ1v) is 7.59. The highest BCUT2D eigenvalue weighted by Crippen LogP contribution is 2.18. The van der Waals surface area contributed by atoms with Crippen LogP contribution in [0.25, 0.3) is 0 Å². The van der Waals surface area contributed by atoms with Gasteiger partial charge in [-0.3, -0.25) is 0 Å². The fourth-order valence-electron chi connectivity index (χ4n) is 2.26. The maximum absolute atomic E-state index is 13.6. The summed E-state index contributed by atoms with van der Waals surface area (Å²) in [7, 11) is 1.39. The van der Waals surface area contributed by atoms with Gasteiger partial charge in [-0.1, -0.05) is 41.6 Å². The van der Waals surface area contributed by atoms with E-state index in [1.54, 1.807) is 10.7 Å². The summed E-state index contributed by atoms with van der Waals surface area (Å²) in [5.41, 5.74) is 1.66. The molecule has 2 aromatic carbocycles. The molecule has 3 aromatic rings. The van der Waals surface area contributed by atoms with Crippen molar-refractivity contribution in [3.05, 3.63) is 77.4 Å². The van der Waals surface area contributed by atoms with Crippen molar-refractivity contribution in [2.24, 2.45) is 0 Å². The van der Waals surface area contributed by atoms with E-state index in [0.29, 0.717) is 12.1 Å². The molecular formula is C18H16FN3O3. The number of ether oxygens (including phenoxy) is 2. The molecule has 1 heterocycles. The predicted molar refractivity (Wildman–Crippen MR) is 87.6 cm³/mol. The van der Waals surface area contributed by atoms with E-state index in [-0.39, 0.29) is 18.1 Å². The van der Waals surface area contributed by atoms with Crippen LogP contribution in [-0.2, 0) is 17.9 Å². The summed E-state index contributed by atoms with van der Waals surface area (Å²) in [5, 5.41) is 7.73. The number of carbonyl (C=O) groups excluding carboxylic acids is 1. The topological polar surface area (TPSA) is 66.2 Å². The molecule has 0 bridgehead atoms. The largest absolute Gasteiger partial charge is 0.494 e. The van der Waals surface area contributed by atoms with Crippen molar-refractivity contribution in [2.45, 2.75) is 13.2 Å². The van der Waals surface area contributed by atoms with Gasteiger partial charge in [-0.25, -0.2) is 13.9 Å². The summed E-state index contributed by atoms with van der Waals surface area (Å²) < 4.78 is 25.2. The summed E-state index contributed by atoms with van der Waals surface area (Å²) in [6.07, 6.45) is 1.52. The fraction of sp³-hybridized carbons (Fsp3) is 0.167. The van der Waals surface area contributed by atoms with Crippen LogP contribution in [0.2, 0.25) is 0 Å². The molecule has 128 valence electrons. The summed E-state index contributed by atoms with van der Waals surface area (Å²) in [4.78, 5) is 12.0. The SMILES string of the molecule is COc1ccc(COC(=O)c2cn(Cc3ccccc3)nn2)cc1F. The molecule has 0 atom stereocenters. The molecule has 0 fully saturated rings. The molecule has 0 unspecified atom stereocenters. The van der Waals surface area contributed by atoms with Crippen molar-refractivity contribution < 1.29 is 18.7 Å². The van der Waals surface area contributed by atoms with E-state index in [2.05, 4.69) is 10.3 Å². The first kappa shape index (κ1) is 16.6. The lowest BCUT2D eigenvalue weighted by molar-refractivity contribution is 0.0465. The lowest BCUT2D eigenvalue weighted by Gasteiger charge is -2.05. The van der Waals surface area contributed by atoms with Crippen LogP contribution < -0.4 is 4.74 Å². The third kappa shape index (κ3) is 4.20. The third-order valence-corrected chi connectivity index (χ3v) is 3.52. The van der Waals surface area contributed by atoms with E-state index in [1.165, 1.54) is 25.4 Å². The van der Waals surface area contributed by atoms with E-state index < -0.39 is 11.8 Å². The van der Waals surface area contributed by atoms with E-state index in [1.807, 2.05) is 30.3 Å². The van der Waals surface area contributed by atoms with Crippen molar-refractivity contribution in [1.82, 2.24) is 15.0 Å². The van der Waals surface area contributed by atoms with Gasteiger partial charge in [0.05, 0.1) is 19.9 Å². The Morgan fingerprint density at radius 1 is 1.16 bits per heavy atom. The minimum Gasteiger partial charge on any atom is -0.494 e. The number of esters is 1. The normalized spacial score (nSPS) is 10.5. The van der Waals surface area contributed by atoms with Gasteiger partial charge in [-0.15, -0.1) is 5.10 Å². The second kappa shape index (κ2) is 7.57. The molecular weight excluding hydrogens is 325 g/mol. The van der Waals surface area contributed by atoms with Crippen LogP contribution in [0.4, 0.5) is 4.39 Å². The van der Waals surface area contributed by atoms with E-state index in [9.17, 15) is 9.18 Å². The number of nitrogens with zero attached hydrogens (tertiary/aromatic N) is 3. The number of carbonyl (C=O) groups is 1. The van der Waals surface area contributed by atoms with Gasteiger partial charge in [0.1, 0.15) is 6.61 Å². The number of hydrogen-bond donors (Lipinski definition) is 0. The molecule has 0 saturated carbocycles. The first-order chi connectivity index (χ1) is 12.2. The molecule has 1 aromatic heterocycles. The lowest BCUT2D eigenvalue weighted by Crippen LogP contribution is -2.06. The maximum atomic E-state index is 13.6. The van der Waals surface area contributed by atoms with Gasteiger partial charge < -0.3 is 9.47 Å². The van der Waals surface area contributed by atoms with Crippen LogP contribution in [0, 0.1) is 5.82 Å². The standard InChI is InChI=1S/C18H16FN3O3/c1-24-17-8-7-14(9-15(17)19)12-25-18(23)16-11-22(21-20-16)10-13-5-3-2-4-6-13/h2-9,11H,10,12H2,1H3. The van der Waals surface area contributed by atoms with Gasteiger partial charge in [-0.05, 0) is 23.3 Å². The molecule has 0 spiro atoms. The van der Waals surface area contributed by atoms with Crippen molar-refractivity contribution in [1.29, 1.82) is 0 Å². The summed E-state index contributed by atoms with van der Waals surface area (Å²) in [5.74, 6) is -0.987. The Balaban J connectivity index is 1.59. The Hall–Kier alpha value is -3.22. The molecule has 0 aliphatic heterocycles. The molecule has 0 saturated heterocycles. The fourth-order valence-corrected chi connectivity index (χ4v) is 2.26. The summed E-state index contributed by atoms with van der Waals surface area (Å²) in [6, 6.07) is 14.1. The zero-order valence-electron chi connectivity index (χ0n) is 13.6. The summed E-state index contributed by atoms with van der Waals surface area (Å²) >= 11 is 0. The van der Waals surface area contributed by atoms with Gasteiger partial charge in [0, 0.05) is 0 Å². The second-order valence-corrected chi connectivity index (χ2v) is 5.33. The van der Waals surface area contributed by atoms with Gasteiger partial charge in [0.25, 0.3) is 0 Å². The minimum absolute atomic E-state index is 0.0642. The Kier molecular flexibility index (Phi) is 5.03. The Morgan fingerprint density at radius 2 is 1.96 bits per heavy atom. The molecule has 6 nitrogen and oxygen atoms in total. The zero-order chi connectivity index (χ0) is 17.6. The van der Waals surface area contributed by atoms with Crippen molar-refractivity contribution in [3.8, 4) is 5.75 Å². The van der Waals surface area contributed by atoms with Crippen LogP contribution in [-0.4, -0.2) is 28.1 Å². The van der Waals surface area contributed by atoms with Crippen molar-refractivity contribution in [2.75, 3.05) is 7.11 Å². The third-order valence-electron chi connectivity index (χ3n) is 3.52. The van der Waals surface area contributed by atoms with E-state index in [0.717, 1.165) is 5.56 Å². The molecule has 0 N–H and O–H groups in total. The van der Waals surface area contributed by atoms with Crippen molar-refractivity contribution >= 4 is 5.97 Å². The highest BCUT2D eigenvalue weighted by molar-refractivity contribution is 5.86. The zero-order valence-corrected chi connectivity index (χ0v) is 13.6. The van der Waals surface area contributed by atoms with Crippen LogP contribution >= 0.6 is 0 Å². The number of aromatic nitrogens is 3. The number of benzene rings is 2. The van der Waals surface area contributed by atoms with Crippen LogP contribution in [0.3, 0.4) is 0 Å². The predicted octanol–water partition coefficient (Wildman–Crippen LogP) is 2.83. The average molecular weight is 341 g/mol. The Labute approximate surface area is 143 Å². The van der Waals surface area contributed by atoms with Gasteiger partial charge in [0.15, 0.2) is 17.3 Å². The number of halogens is 1. The molecule has 0 radical (unpaired) electrons. The number of hydrogen-bond acceptors (Lipinski definition) is 5. The average Bonchev–Trinajstić information content (AvgIpc) is 3.09. The molecule has 0 aliphatic rings. The number of methoxy groups -OCH3 is 1. The monoisotopic (exact) mass is 341 g/mol. The molecule has 0 amide bonds. The van der Waals surface area contributed by atoms with Crippen LogP contribution in [0.15, 0.2) is 54.7 Å². The maximum Gasteiger partial charge on any atom is 0.360 e. The van der Waals surface area contributed by atoms with E-state index in [4.69, 9.17) is 9.47 Å². The number of rotatable bonds is 6. The van der Waals surface area contributed by atoms with Gasteiger partial charge >= 0.3 is 5.97 Å². The van der Waals surface area contributed by atoms with Crippen molar-refractivity contribution in [3.63, 3.8) is 0 Å². The minimum atomic E-state index is -0.615. The summed E-state index contributed by atoms with van der Waals surface area (Å²) in [6.45, 7) is 0.441. The van der Waals surface area contributed by atoms with Crippen LogP contribution in [0.5, 0.6) is 5.75 Å². The highest BCUT2D eigenvalue weighted by Gasteiger charge is 2.13. The van der Waals surface area contributed by atoms with E-state index >= 15 is 0 Å². The molecule has 3 rings (SSSR count). The lowest BCUT2D eigenvalue weighted by atomic mass is 10.2. The van der Waals surface area contributed by atoms with Gasteiger partial charge in [-0.2, -0.15) is 0 Å². The van der Waals surface area contributed by atoms with Crippen LogP contribution in [0.1, 0.15) is 21.6 Å². The Bertz CT molecular complexity index is 865. The van der Waals surface area contributed by atoms with Gasteiger partial charge in [0.2, 0.25) is 0 Å². The second-order valence-electron chi connectivity index (χ2n) is 5.33. The Morgan fingerprint density at radius 3 is 2.68 bits per heavy atom. The smallest absolute Gasteiger partial charge is 0.360 e. The highest BCUT2D eigenvalue weighted by atomic mass is 19.1. The first-order valence-electron chi connectivity index (χ1n) is 7.59. The molecule has 0 aliphatic carbocycles. The molecule has 7 heteroatoms. The quantitative estimate of drug-likeness (QED) is 0.645. The molecule has 25 heavy (non-hydrogen) atoms.